The average Bonchev–Trinajstić information content (AvgIpc) is 2.25. The third-order valence-electron chi connectivity index (χ3n) is 2.30. The number of unbranched alkanes of at least 4 members (excludes halogenated alkanes) is 1. The molecule has 15 heavy (non-hydrogen) atoms. The molecule has 0 aliphatic heterocycles. The molecule has 3 heteroatoms. The highest BCUT2D eigenvalue weighted by Gasteiger charge is 1.98. The van der Waals surface area contributed by atoms with E-state index < -0.39 is 0 Å². The Morgan fingerprint density at radius 1 is 1.13 bits per heavy atom. The average molecular weight is 210 g/mol. The van der Waals surface area contributed by atoms with Gasteiger partial charge in [0.05, 0.1) is 0 Å². The van der Waals surface area contributed by atoms with Crippen molar-refractivity contribution < 1.29 is 4.39 Å². The quantitative estimate of drug-likeness (QED) is 0.672. The van der Waals surface area contributed by atoms with Crippen molar-refractivity contribution >= 4 is 0 Å². The van der Waals surface area contributed by atoms with Crippen LogP contribution in [0.4, 0.5) is 4.39 Å². The summed E-state index contributed by atoms with van der Waals surface area (Å²) in [6, 6.07) is 6.89. The van der Waals surface area contributed by atoms with Gasteiger partial charge in [0.25, 0.3) is 0 Å². The van der Waals surface area contributed by atoms with Gasteiger partial charge in [-0.1, -0.05) is 18.2 Å². The van der Waals surface area contributed by atoms with Crippen molar-refractivity contribution in [2.24, 2.45) is 0 Å². The summed E-state index contributed by atoms with van der Waals surface area (Å²) >= 11 is 0. The van der Waals surface area contributed by atoms with Gasteiger partial charge >= 0.3 is 0 Å². The third kappa shape index (κ3) is 4.91. The maximum Gasteiger partial charge on any atom is 0.127 e. The van der Waals surface area contributed by atoms with Gasteiger partial charge in [0, 0.05) is 12.1 Å². The molecule has 84 valence electrons. The lowest BCUT2D eigenvalue weighted by Gasteiger charge is -2.05. The summed E-state index contributed by atoms with van der Waals surface area (Å²) in [7, 11) is 1.95. The maximum absolute atomic E-state index is 13.2. The van der Waals surface area contributed by atoms with E-state index >= 15 is 0 Å². The van der Waals surface area contributed by atoms with Crippen LogP contribution >= 0.6 is 0 Å². The van der Waals surface area contributed by atoms with E-state index in [9.17, 15) is 4.39 Å². The highest BCUT2D eigenvalue weighted by molar-refractivity contribution is 5.16. The molecule has 0 radical (unpaired) electrons. The first-order valence-electron chi connectivity index (χ1n) is 5.43. The lowest BCUT2D eigenvalue weighted by molar-refractivity contribution is 0.570. The molecule has 1 rings (SSSR count). The fraction of sp³-hybridized carbons (Fsp3) is 0.500. The molecule has 0 aromatic heterocycles. The van der Waals surface area contributed by atoms with Crippen LogP contribution in [-0.2, 0) is 6.54 Å². The lowest BCUT2D eigenvalue weighted by Crippen LogP contribution is -2.17. The number of nitrogens with one attached hydrogen (secondary N) is 2. The van der Waals surface area contributed by atoms with Gasteiger partial charge in [-0.25, -0.2) is 4.39 Å². The van der Waals surface area contributed by atoms with Crippen LogP contribution in [0.1, 0.15) is 18.4 Å². The summed E-state index contributed by atoms with van der Waals surface area (Å²) in [5, 5.41) is 6.33. The van der Waals surface area contributed by atoms with E-state index in [4.69, 9.17) is 0 Å². The summed E-state index contributed by atoms with van der Waals surface area (Å²) in [6.07, 6.45) is 2.27. The second-order valence-electron chi connectivity index (χ2n) is 3.58. The smallest absolute Gasteiger partial charge is 0.127 e. The number of rotatable bonds is 7. The zero-order valence-electron chi connectivity index (χ0n) is 9.22. The Bertz CT molecular complexity index is 276. The largest absolute Gasteiger partial charge is 0.320 e. The number of benzene rings is 1. The Kier molecular flexibility index (Phi) is 5.97. The first kappa shape index (κ1) is 12.1. The molecule has 2 nitrogen and oxygen atoms in total. The van der Waals surface area contributed by atoms with Crippen molar-refractivity contribution in [2.45, 2.75) is 19.4 Å². The van der Waals surface area contributed by atoms with Crippen LogP contribution in [0.3, 0.4) is 0 Å². The Hall–Kier alpha value is -0.930. The second-order valence-corrected chi connectivity index (χ2v) is 3.58. The Morgan fingerprint density at radius 3 is 2.60 bits per heavy atom. The molecule has 0 spiro atoms. The van der Waals surface area contributed by atoms with Crippen LogP contribution in [-0.4, -0.2) is 20.1 Å². The van der Waals surface area contributed by atoms with Gasteiger partial charge in [0.2, 0.25) is 0 Å². The summed E-state index contributed by atoms with van der Waals surface area (Å²) in [6.45, 7) is 2.60. The van der Waals surface area contributed by atoms with E-state index in [2.05, 4.69) is 10.6 Å². The van der Waals surface area contributed by atoms with E-state index in [1.807, 2.05) is 19.2 Å². The molecule has 0 saturated heterocycles. The summed E-state index contributed by atoms with van der Waals surface area (Å²) in [4.78, 5) is 0. The number of hydrogen-bond donors (Lipinski definition) is 2. The van der Waals surface area contributed by atoms with Crippen LogP contribution in [0.25, 0.3) is 0 Å². The predicted molar refractivity (Wildman–Crippen MR) is 61.3 cm³/mol. The normalized spacial score (nSPS) is 10.5. The van der Waals surface area contributed by atoms with Crippen molar-refractivity contribution in [2.75, 3.05) is 20.1 Å². The van der Waals surface area contributed by atoms with Crippen LogP contribution in [0.5, 0.6) is 0 Å². The molecule has 1 aromatic carbocycles. The third-order valence-corrected chi connectivity index (χ3v) is 2.30. The van der Waals surface area contributed by atoms with Gasteiger partial charge in [-0.05, 0) is 39.0 Å². The molecule has 1 aromatic rings. The molecule has 0 saturated carbocycles. The van der Waals surface area contributed by atoms with Gasteiger partial charge in [-0.3, -0.25) is 0 Å². The van der Waals surface area contributed by atoms with Crippen LogP contribution in [0.15, 0.2) is 24.3 Å². The number of halogens is 1. The minimum atomic E-state index is -0.125. The van der Waals surface area contributed by atoms with Gasteiger partial charge in [-0.15, -0.1) is 0 Å². The zero-order chi connectivity index (χ0) is 10.9. The highest BCUT2D eigenvalue weighted by Crippen LogP contribution is 2.05. The lowest BCUT2D eigenvalue weighted by atomic mass is 10.2. The zero-order valence-corrected chi connectivity index (χ0v) is 9.22. The molecule has 0 bridgehead atoms. The van der Waals surface area contributed by atoms with Crippen molar-refractivity contribution in [1.82, 2.24) is 10.6 Å². The number of hydrogen-bond acceptors (Lipinski definition) is 2. The maximum atomic E-state index is 13.2. The van der Waals surface area contributed by atoms with E-state index in [1.54, 1.807) is 6.07 Å². The van der Waals surface area contributed by atoms with E-state index in [0.717, 1.165) is 31.5 Å². The molecule has 0 amide bonds. The van der Waals surface area contributed by atoms with Crippen molar-refractivity contribution in [1.29, 1.82) is 0 Å². The molecule has 0 unspecified atom stereocenters. The van der Waals surface area contributed by atoms with E-state index in [-0.39, 0.29) is 5.82 Å². The molecular weight excluding hydrogens is 191 g/mol. The highest BCUT2D eigenvalue weighted by atomic mass is 19.1. The summed E-state index contributed by atoms with van der Waals surface area (Å²) in [5.74, 6) is -0.125. The van der Waals surface area contributed by atoms with Crippen LogP contribution in [0.2, 0.25) is 0 Å². The first-order chi connectivity index (χ1) is 7.34. The molecule has 0 aliphatic rings. The van der Waals surface area contributed by atoms with E-state index in [0.29, 0.717) is 6.54 Å². The monoisotopic (exact) mass is 210 g/mol. The summed E-state index contributed by atoms with van der Waals surface area (Å²) < 4.78 is 13.2. The molecule has 0 fully saturated rings. The fourth-order valence-electron chi connectivity index (χ4n) is 1.42. The van der Waals surface area contributed by atoms with Crippen LogP contribution in [0, 0.1) is 5.82 Å². The standard InChI is InChI=1S/C12H19FN2/c1-14-8-4-5-9-15-10-11-6-2-3-7-12(11)13/h2-3,6-7,14-15H,4-5,8-10H2,1H3. The molecular formula is C12H19FN2. The Balaban J connectivity index is 2.12. The molecule has 2 N–H and O–H groups in total. The van der Waals surface area contributed by atoms with Gasteiger partial charge in [0.1, 0.15) is 5.82 Å². The minimum Gasteiger partial charge on any atom is -0.320 e. The Labute approximate surface area is 90.9 Å². The van der Waals surface area contributed by atoms with Crippen molar-refractivity contribution in [3.05, 3.63) is 35.6 Å². The minimum absolute atomic E-state index is 0.125. The topological polar surface area (TPSA) is 24.1 Å². The fourth-order valence-corrected chi connectivity index (χ4v) is 1.42. The Morgan fingerprint density at radius 2 is 1.87 bits per heavy atom. The van der Waals surface area contributed by atoms with Gasteiger partial charge in [0.15, 0.2) is 0 Å². The summed E-state index contributed by atoms with van der Waals surface area (Å²) in [5.41, 5.74) is 0.742. The first-order valence-corrected chi connectivity index (χ1v) is 5.43. The van der Waals surface area contributed by atoms with Gasteiger partial charge < -0.3 is 10.6 Å². The predicted octanol–water partition coefficient (Wildman–Crippen LogP) is 1.91. The van der Waals surface area contributed by atoms with Crippen LogP contribution < -0.4 is 10.6 Å². The molecule has 0 atom stereocenters. The van der Waals surface area contributed by atoms with Gasteiger partial charge in [-0.2, -0.15) is 0 Å². The second kappa shape index (κ2) is 7.37. The molecule has 0 heterocycles. The molecule has 0 aliphatic carbocycles. The van der Waals surface area contributed by atoms with E-state index in [1.165, 1.54) is 6.07 Å². The van der Waals surface area contributed by atoms with Crippen molar-refractivity contribution in [3.8, 4) is 0 Å². The SMILES string of the molecule is CNCCCCNCc1ccccc1F. The van der Waals surface area contributed by atoms with Crippen molar-refractivity contribution in [3.63, 3.8) is 0 Å².